The molecule has 1 atom stereocenters. The Hall–Kier alpha value is -0.910. The van der Waals surface area contributed by atoms with Crippen molar-refractivity contribution in [2.45, 2.75) is 63.6 Å². The number of nitrogens with two attached hydrogens (primary N) is 1. The highest BCUT2D eigenvalue weighted by Gasteiger charge is 2.43. The lowest BCUT2D eigenvalue weighted by atomic mass is 9.75. The van der Waals surface area contributed by atoms with Crippen molar-refractivity contribution in [3.63, 3.8) is 0 Å². The average Bonchev–Trinajstić information content (AvgIpc) is 2.89. The predicted molar refractivity (Wildman–Crippen MR) is 82.1 cm³/mol. The number of hydrazine groups is 1. The van der Waals surface area contributed by atoms with E-state index in [1.165, 1.54) is 32.1 Å². The topological polar surface area (TPSA) is 59.1 Å². The van der Waals surface area contributed by atoms with Crippen LogP contribution in [0.15, 0.2) is 12.4 Å². The summed E-state index contributed by atoms with van der Waals surface area (Å²) in [7, 11) is 4.34. The van der Waals surface area contributed by atoms with Gasteiger partial charge in [0, 0.05) is 24.5 Å². The highest BCUT2D eigenvalue weighted by atomic mass is 15.3. The number of likely N-dealkylation sites (N-methyl/N-ethyl adjacent to an activating group) is 1. The zero-order chi connectivity index (χ0) is 14.6. The van der Waals surface area contributed by atoms with Crippen LogP contribution < -0.4 is 11.3 Å². The second-order valence-corrected chi connectivity index (χ2v) is 6.14. The molecule has 1 heterocycles. The van der Waals surface area contributed by atoms with E-state index in [2.05, 4.69) is 47.1 Å². The molecule has 0 amide bonds. The van der Waals surface area contributed by atoms with Crippen molar-refractivity contribution in [2.75, 3.05) is 14.1 Å². The summed E-state index contributed by atoms with van der Waals surface area (Å²) in [5.41, 5.74) is 3.14. The SMILES string of the molecule is CCCn1ccnc1C(NN)C1(N(C)C)CCCCC1. The first-order valence-corrected chi connectivity index (χ1v) is 7.80. The maximum absolute atomic E-state index is 5.95. The van der Waals surface area contributed by atoms with Crippen LogP contribution in [-0.2, 0) is 6.54 Å². The van der Waals surface area contributed by atoms with Gasteiger partial charge in [-0.05, 0) is 33.4 Å². The van der Waals surface area contributed by atoms with Crippen molar-refractivity contribution in [1.29, 1.82) is 0 Å². The van der Waals surface area contributed by atoms with Gasteiger partial charge in [-0.25, -0.2) is 10.4 Å². The van der Waals surface area contributed by atoms with E-state index >= 15 is 0 Å². The molecule has 1 aliphatic rings. The zero-order valence-electron chi connectivity index (χ0n) is 13.1. The molecule has 20 heavy (non-hydrogen) atoms. The van der Waals surface area contributed by atoms with Gasteiger partial charge in [-0.1, -0.05) is 26.2 Å². The third-order valence-corrected chi connectivity index (χ3v) is 4.78. The van der Waals surface area contributed by atoms with Crippen molar-refractivity contribution in [3.05, 3.63) is 18.2 Å². The van der Waals surface area contributed by atoms with E-state index in [4.69, 9.17) is 5.84 Å². The van der Waals surface area contributed by atoms with Gasteiger partial charge in [0.25, 0.3) is 0 Å². The molecule has 1 unspecified atom stereocenters. The van der Waals surface area contributed by atoms with Gasteiger partial charge in [-0.3, -0.25) is 5.84 Å². The fourth-order valence-corrected chi connectivity index (χ4v) is 3.64. The molecule has 1 saturated carbocycles. The first-order valence-electron chi connectivity index (χ1n) is 7.80. The third kappa shape index (κ3) is 2.75. The zero-order valence-corrected chi connectivity index (χ0v) is 13.1. The van der Waals surface area contributed by atoms with Crippen LogP contribution in [0.5, 0.6) is 0 Å². The lowest BCUT2D eigenvalue weighted by Gasteiger charge is -2.47. The van der Waals surface area contributed by atoms with Crippen LogP contribution in [0.2, 0.25) is 0 Å². The molecule has 0 aromatic carbocycles. The minimum Gasteiger partial charge on any atom is -0.334 e. The van der Waals surface area contributed by atoms with Crippen molar-refractivity contribution < 1.29 is 0 Å². The van der Waals surface area contributed by atoms with Gasteiger partial charge >= 0.3 is 0 Å². The van der Waals surface area contributed by atoms with E-state index in [1.54, 1.807) is 0 Å². The fraction of sp³-hybridized carbons (Fsp3) is 0.800. The van der Waals surface area contributed by atoms with Gasteiger partial charge in [0.1, 0.15) is 5.82 Å². The van der Waals surface area contributed by atoms with Gasteiger partial charge < -0.3 is 9.47 Å². The number of hydrogen-bond donors (Lipinski definition) is 2. The van der Waals surface area contributed by atoms with Gasteiger partial charge in [0.2, 0.25) is 0 Å². The first-order chi connectivity index (χ1) is 9.65. The summed E-state index contributed by atoms with van der Waals surface area (Å²) < 4.78 is 2.24. The molecule has 1 fully saturated rings. The van der Waals surface area contributed by atoms with E-state index in [-0.39, 0.29) is 11.6 Å². The molecule has 1 aromatic heterocycles. The molecule has 0 bridgehead atoms. The molecule has 5 nitrogen and oxygen atoms in total. The van der Waals surface area contributed by atoms with Crippen LogP contribution in [0, 0.1) is 0 Å². The number of imidazole rings is 1. The quantitative estimate of drug-likeness (QED) is 0.618. The molecule has 5 heteroatoms. The van der Waals surface area contributed by atoms with E-state index < -0.39 is 0 Å². The summed E-state index contributed by atoms with van der Waals surface area (Å²) in [5.74, 6) is 7.03. The Morgan fingerprint density at radius 2 is 2.10 bits per heavy atom. The van der Waals surface area contributed by atoms with Gasteiger partial charge in [-0.2, -0.15) is 0 Å². The lowest BCUT2D eigenvalue weighted by molar-refractivity contribution is 0.0516. The maximum atomic E-state index is 5.95. The summed E-state index contributed by atoms with van der Waals surface area (Å²) >= 11 is 0. The summed E-state index contributed by atoms with van der Waals surface area (Å²) in [6.07, 6.45) is 11.3. The Labute approximate surface area is 122 Å². The average molecular weight is 279 g/mol. The molecular formula is C15H29N5. The van der Waals surface area contributed by atoms with Gasteiger partial charge in [0.15, 0.2) is 0 Å². The molecular weight excluding hydrogens is 250 g/mol. The minimum absolute atomic E-state index is 0.0733. The fourth-order valence-electron chi connectivity index (χ4n) is 3.64. The number of nitrogens with one attached hydrogen (secondary N) is 1. The highest BCUT2D eigenvalue weighted by Crippen LogP contribution is 2.41. The Morgan fingerprint density at radius 3 is 2.65 bits per heavy atom. The minimum atomic E-state index is 0.0733. The standard InChI is InChI=1S/C15H29N5/c1-4-11-20-12-10-17-14(20)13(18-16)15(19(2)3)8-6-5-7-9-15/h10,12-13,18H,4-9,11,16H2,1-3H3. The second-order valence-electron chi connectivity index (χ2n) is 6.14. The van der Waals surface area contributed by atoms with E-state index in [0.717, 1.165) is 18.8 Å². The smallest absolute Gasteiger partial charge is 0.129 e. The second kappa shape index (κ2) is 6.70. The van der Waals surface area contributed by atoms with Crippen LogP contribution >= 0.6 is 0 Å². The van der Waals surface area contributed by atoms with Crippen molar-refractivity contribution in [3.8, 4) is 0 Å². The molecule has 0 saturated heterocycles. The van der Waals surface area contributed by atoms with Gasteiger partial charge in [0.05, 0.1) is 6.04 Å². The maximum Gasteiger partial charge on any atom is 0.129 e. The van der Waals surface area contributed by atoms with Crippen LogP contribution in [-0.4, -0.2) is 34.1 Å². The van der Waals surface area contributed by atoms with Crippen molar-refractivity contribution in [1.82, 2.24) is 19.9 Å². The molecule has 2 rings (SSSR count). The Balaban J connectivity index is 2.35. The summed E-state index contributed by atoms with van der Waals surface area (Å²) in [4.78, 5) is 6.95. The molecule has 114 valence electrons. The molecule has 1 aliphatic carbocycles. The van der Waals surface area contributed by atoms with Crippen LogP contribution in [0.1, 0.15) is 57.3 Å². The Morgan fingerprint density at radius 1 is 1.40 bits per heavy atom. The van der Waals surface area contributed by atoms with E-state index in [1.807, 2.05) is 6.20 Å². The van der Waals surface area contributed by atoms with Crippen LogP contribution in [0.25, 0.3) is 0 Å². The number of nitrogens with zero attached hydrogens (tertiary/aromatic N) is 3. The van der Waals surface area contributed by atoms with Gasteiger partial charge in [-0.15, -0.1) is 0 Å². The van der Waals surface area contributed by atoms with E-state index in [0.29, 0.717) is 0 Å². The summed E-state index contributed by atoms with van der Waals surface area (Å²) in [6.45, 7) is 3.19. The normalized spacial score (nSPS) is 20.2. The Bertz CT molecular complexity index is 406. The lowest BCUT2D eigenvalue weighted by Crippen LogP contribution is -2.57. The monoisotopic (exact) mass is 279 g/mol. The number of rotatable bonds is 6. The van der Waals surface area contributed by atoms with Crippen LogP contribution in [0.4, 0.5) is 0 Å². The highest BCUT2D eigenvalue weighted by molar-refractivity contribution is 5.11. The number of hydrogen-bond acceptors (Lipinski definition) is 4. The largest absolute Gasteiger partial charge is 0.334 e. The molecule has 3 N–H and O–H groups in total. The predicted octanol–water partition coefficient (Wildman–Crippen LogP) is 2.06. The molecule has 0 radical (unpaired) electrons. The number of aryl methyl sites for hydroxylation is 1. The number of aromatic nitrogens is 2. The first kappa shape index (κ1) is 15.5. The molecule has 0 spiro atoms. The van der Waals surface area contributed by atoms with E-state index in [9.17, 15) is 0 Å². The summed E-state index contributed by atoms with van der Waals surface area (Å²) in [6, 6.07) is 0.0827. The summed E-state index contributed by atoms with van der Waals surface area (Å²) in [5, 5.41) is 0. The molecule has 1 aromatic rings. The molecule has 0 aliphatic heterocycles. The third-order valence-electron chi connectivity index (χ3n) is 4.78. The van der Waals surface area contributed by atoms with Crippen molar-refractivity contribution >= 4 is 0 Å². The van der Waals surface area contributed by atoms with Crippen molar-refractivity contribution in [2.24, 2.45) is 5.84 Å². The Kier molecular flexibility index (Phi) is 5.18. The van der Waals surface area contributed by atoms with Crippen LogP contribution in [0.3, 0.4) is 0 Å².